The summed E-state index contributed by atoms with van der Waals surface area (Å²) < 4.78 is 0. The van der Waals surface area contributed by atoms with Crippen LogP contribution in [0, 0.1) is 5.92 Å². The molecule has 0 aliphatic carbocycles. The number of nitrogens with zero attached hydrogens (tertiary/aromatic N) is 3. The van der Waals surface area contributed by atoms with Crippen molar-refractivity contribution in [2.75, 3.05) is 78.5 Å². The van der Waals surface area contributed by atoms with Crippen LogP contribution in [0.1, 0.15) is 94.4 Å². The molecular weight excluding hydrogens is 540 g/mol. The van der Waals surface area contributed by atoms with Crippen molar-refractivity contribution >= 4 is 18.3 Å². The van der Waals surface area contributed by atoms with E-state index in [1.165, 1.54) is 58.9 Å². The van der Waals surface area contributed by atoms with Gasteiger partial charge in [0.15, 0.2) is 0 Å². The lowest BCUT2D eigenvalue weighted by atomic mass is 9.96. The van der Waals surface area contributed by atoms with Crippen molar-refractivity contribution < 1.29 is 29.7 Å². The van der Waals surface area contributed by atoms with Gasteiger partial charge in [0.2, 0.25) is 0 Å². The van der Waals surface area contributed by atoms with Gasteiger partial charge in [0, 0.05) is 19.6 Å². The Morgan fingerprint density at radius 1 is 0.476 bits per heavy atom. The Kier molecular flexibility index (Phi) is 40.8. The Labute approximate surface area is 257 Å². The fraction of sp³-hybridized carbons (Fsp3) is 0.900. The van der Waals surface area contributed by atoms with E-state index in [4.69, 9.17) is 15.3 Å². The highest BCUT2D eigenvalue weighted by molar-refractivity contribution is 5.64. The standard InChI is InChI=1S/C12H23N3O6.3C6H15N/c16-10(17)13-6-2-1-4-9(8-15-12(20)21)5-3-7-14-11(18)19;3*1-4-7(5-2)6-3/h9,13-15H,1-8H2,(H,16,17)(H,18,19)(H,20,21);3*4-6H2,1-3H3. The zero-order valence-corrected chi connectivity index (χ0v) is 28.5. The minimum atomic E-state index is -1.09. The van der Waals surface area contributed by atoms with E-state index in [1.807, 2.05) is 0 Å². The van der Waals surface area contributed by atoms with E-state index in [0.29, 0.717) is 38.9 Å². The van der Waals surface area contributed by atoms with Crippen molar-refractivity contribution in [1.29, 1.82) is 0 Å². The van der Waals surface area contributed by atoms with Gasteiger partial charge in [-0.05, 0) is 90.5 Å². The predicted octanol–water partition coefficient (Wildman–Crippen LogP) is 5.40. The number of unbranched alkanes of at least 4 members (excludes halogenated alkanes) is 1. The molecule has 0 aromatic rings. The number of hydrogen-bond donors (Lipinski definition) is 6. The van der Waals surface area contributed by atoms with Gasteiger partial charge in [-0.25, -0.2) is 14.4 Å². The van der Waals surface area contributed by atoms with Crippen LogP contribution in [0.4, 0.5) is 14.4 Å². The highest BCUT2D eigenvalue weighted by Gasteiger charge is 2.10. The molecule has 0 bridgehead atoms. The molecule has 0 heterocycles. The van der Waals surface area contributed by atoms with Crippen LogP contribution in [-0.4, -0.2) is 127 Å². The Bertz CT molecular complexity index is 544. The summed E-state index contributed by atoms with van der Waals surface area (Å²) in [6, 6.07) is 0. The van der Waals surface area contributed by atoms with Gasteiger partial charge in [-0.15, -0.1) is 0 Å². The smallest absolute Gasteiger partial charge is 0.404 e. The van der Waals surface area contributed by atoms with Crippen molar-refractivity contribution in [3.63, 3.8) is 0 Å². The molecule has 42 heavy (non-hydrogen) atoms. The second-order valence-electron chi connectivity index (χ2n) is 9.51. The molecule has 0 aromatic heterocycles. The average molecular weight is 609 g/mol. The van der Waals surface area contributed by atoms with E-state index in [2.05, 4.69) is 93.0 Å². The lowest BCUT2D eigenvalue weighted by molar-refractivity contribution is 0.189. The minimum Gasteiger partial charge on any atom is -0.465 e. The highest BCUT2D eigenvalue weighted by Crippen LogP contribution is 2.14. The fourth-order valence-electron chi connectivity index (χ4n) is 3.93. The normalized spacial score (nSPS) is 10.9. The molecule has 6 N–H and O–H groups in total. The molecule has 0 rings (SSSR count). The van der Waals surface area contributed by atoms with Crippen molar-refractivity contribution in [3.05, 3.63) is 0 Å². The molecule has 0 fully saturated rings. The summed E-state index contributed by atoms with van der Waals surface area (Å²) in [4.78, 5) is 38.2. The van der Waals surface area contributed by atoms with E-state index in [-0.39, 0.29) is 5.92 Å². The summed E-state index contributed by atoms with van der Waals surface area (Å²) in [5, 5.41) is 32.3. The van der Waals surface area contributed by atoms with Gasteiger partial charge >= 0.3 is 18.3 Å². The zero-order chi connectivity index (χ0) is 33.2. The maximum atomic E-state index is 10.5. The number of carboxylic acid groups (broad SMARTS) is 3. The van der Waals surface area contributed by atoms with Crippen LogP contribution in [0.2, 0.25) is 0 Å². The van der Waals surface area contributed by atoms with E-state index in [9.17, 15) is 14.4 Å². The van der Waals surface area contributed by atoms with Crippen LogP contribution in [-0.2, 0) is 0 Å². The highest BCUT2D eigenvalue weighted by atomic mass is 16.4. The first kappa shape index (κ1) is 46.6. The summed E-state index contributed by atoms with van der Waals surface area (Å²) >= 11 is 0. The first-order chi connectivity index (χ1) is 20.0. The molecule has 0 radical (unpaired) electrons. The summed E-state index contributed by atoms with van der Waals surface area (Å²) in [6.45, 7) is 31.4. The minimum absolute atomic E-state index is 0.113. The fourth-order valence-corrected chi connectivity index (χ4v) is 3.93. The molecule has 0 saturated carbocycles. The van der Waals surface area contributed by atoms with Gasteiger partial charge in [0.1, 0.15) is 0 Å². The Morgan fingerprint density at radius 2 is 0.762 bits per heavy atom. The number of rotatable bonds is 20. The number of nitrogens with one attached hydrogen (secondary N) is 3. The molecule has 0 aliphatic rings. The van der Waals surface area contributed by atoms with Crippen molar-refractivity contribution in [1.82, 2.24) is 30.7 Å². The number of amides is 3. The molecule has 0 aliphatic heterocycles. The van der Waals surface area contributed by atoms with E-state index >= 15 is 0 Å². The van der Waals surface area contributed by atoms with Gasteiger partial charge in [0.05, 0.1) is 0 Å². The number of carbonyl (C=O) groups is 3. The maximum absolute atomic E-state index is 10.5. The number of hydrogen-bond acceptors (Lipinski definition) is 6. The van der Waals surface area contributed by atoms with Gasteiger partial charge < -0.3 is 46.0 Å². The maximum Gasteiger partial charge on any atom is 0.404 e. The summed E-state index contributed by atoms with van der Waals surface area (Å²) in [5.74, 6) is 0.113. The third-order valence-corrected chi connectivity index (χ3v) is 6.95. The predicted molar refractivity (Wildman–Crippen MR) is 175 cm³/mol. The molecular formula is C30H68N6O6. The van der Waals surface area contributed by atoms with Gasteiger partial charge in [0.25, 0.3) is 0 Å². The topological polar surface area (TPSA) is 158 Å². The van der Waals surface area contributed by atoms with Gasteiger partial charge in [-0.3, -0.25) is 0 Å². The second-order valence-corrected chi connectivity index (χ2v) is 9.51. The third kappa shape index (κ3) is 39.8. The van der Waals surface area contributed by atoms with E-state index in [0.717, 1.165) is 12.8 Å². The Morgan fingerprint density at radius 3 is 1.02 bits per heavy atom. The molecule has 12 heteroatoms. The van der Waals surface area contributed by atoms with E-state index in [1.54, 1.807) is 0 Å². The lowest BCUT2D eigenvalue weighted by Crippen LogP contribution is -2.29. The SMILES string of the molecule is CCN(CC)CC.CCN(CC)CC.CCN(CC)CC.O=C(O)NCCCCC(CCCNC(=O)O)CNC(=O)O. The van der Waals surface area contributed by atoms with Crippen molar-refractivity contribution in [3.8, 4) is 0 Å². The summed E-state index contributed by atoms with van der Waals surface area (Å²) in [7, 11) is 0. The van der Waals surface area contributed by atoms with Crippen LogP contribution >= 0.6 is 0 Å². The lowest BCUT2D eigenvalue weighted by Gasteiger charge is -2.16. The van der Waals surface area contributed by atoms with Crippen LogP contribution in [0.15, 0.2) is 0 Å². The molecule has 1 unspecified atom stereocenters. The average Bonchev–Trinajstić information content (AvgIpc) is 2.97. The second kappa shape index (κ2) is 36.7. The van der Waals surface area contributed by atoms with E-state index < -0.39 is 18.3 Å². The molecule has 1 atom stereocenters. The molecule has 12 nitrogen and oxygen atoms in total. The quantitative estimate of drug-likeness (QED) is 0.0996. The zero-order valence-electron chi connectivity index (χ0n) is 28.5. The van der Waals surface area contributed by atoms with Gasteiger partial charge in [-0.2, -0.15) is 0 Å². The van der Waals surface area contributed by atoms with Crippen LogP contribution in [0.3, 0.4) is 0 Å². The Hall–Kier alpha value is -2.31. The first-order valence-corrected chi connectivity index (χ1v) is 16.0. The third-order valence-electron chi connectivity index (χ3n) is 6.95. The first-order valence-electron chi connectivity index (χ1n) is 16.0. The molecule has 254 valence electrons. The summed E-state index contributed by atoms with van der Waals surface area (Å²) in [6.07, 6.45) is 0.333. The van der Waals surface area contributed by atoms with Crippen LogP contribution < -0.4 is 16.0 Å². The van der Waals surface area contributed by atoms with Crippen molar-refractivity contribution in [2.24, 2.45) is 5.92 Å². The Balaban J connectivity index is -0.000000279. The molecule has 3 amide bonds. The molecule has 0 saturated heterocycles. The van der Waals surface area contributed by atoms with Gasteiger partial charge in [-0.1, -0.05) is 68.7 Å². The molecule has 0 aromatic carbocycles. The monoisotopic (exact) mass is 609 g/mol. The molecule has 0 spiro atoms. The van der Waals surface area contributed by atoms with Crippen LogP contribution in [0.5, 0.6) is 0 Å². The van der Waals surface area contributed by atoms with Crippen LogP contribution in [0.25, 0.3) is 0 Å². The largest absolute Gasteiger partial charge is 0.465 e. The van der Waals surface area contributed by atoms with Crippen molar-refractivity contribution in [2.45, 2.75) is 94.4 Å². The summed E-state index contributed by atoms with van der Waals surface area (Å²) in [5.41, 5.74) is 0.